The van der Waals surface area contributed by atoms with Crippen molar-refractivity contribution in [3.8, 4) is 0 Å². The topological polar surface area (TPSA) is 24.1 Å². The first-order valence-electron chi connectivity index (χ1n) is 5.32. The van der Waals surface area contributed by atoms with Gasteiger partial charge >= 0.3 is 0 Å². The lowest BCUT2D eigenvalue weighted by Crippen LogP contribution is -2.43. The second-order valence-electron chi connectivity index (χ2n) is 3.71. The summed E-state index contributed by atoms with van der Waals surface area (Å²) in [6, 6.07) is 0.622. The minimum absolute atomic E-state index is 0.622. The Hall–Kier alpha value is -0.310. The SMILES string of the molecule is CCNC(=S)NC1CCCC1CC. The molecule has 1 aliphatic rings. The zero-order valence-corrected chi connectivity index (χ0v) is 9.41. The normalized spacial score (nSPS) is 27.2. The maximum Gasteiger partial charge on any atom is 0.166 e. The van der Waals surface area contributed by atoms with Gasteiger partial charge in [-0.3, -0.25) is 0 Å². The molecule has 1 fully saturated rings. The highest BCUT2D eigenvalue weighted by Gasteiger charge is 2.25. The van der Waals surface area contributed by atoms with Gasteiger partial charge in [0.2, 0.25) is 0 Å². The summed E-state index contributed by atoms with van der Waals surface area (Å²) in [5, 5.41) is 7.37. The van der Waals surface area contributed by atoms with Crippen LogP contribution in [0.3, 0.4) is 0 Å². The van der Waals surface area contributed by atoms with Crippen molar-refractivity contribution in [3.63, 3.8) is 0 Å². The van der Waals surface area contributed by atoms with E-state index in [1.807, 2.05) is 0 Å². The van der Waals surface area contributed by atoms with E-state index in [9.17, 15) is 0 Å². The van der Waals surface area contributed by atoms with Crippen LogP contribution in [-0.4, -0.2) is 17.7 Å². The third-order valence-corrected chi connectivity index (χ3v) is 3.10. The number of rotatable bonds is 3. The number of hydrogen-bond donors (Lipinski definition) is 2. The maximum absolute atomic E-state index is 5.17. The van der Waals surface area contributed by atoms with Crippen molar-refractivity contribution in [2.75, 3.05) is 6.54 Å². The van der Waals surface area contributed by atoms with Crippen molar-refractivity contribution in [2.45, 2.75) is 45.6 Å². The molecule has 0 heterocycles. The van der Waals surface area contributed by atoms with Gasteiger partial charge < -0.3 is 10.6 Å². The molecule has 0 aromatic heterocycles. The molecule has 3 heteroatoms. The fourth-order valence-electron chi connectivity index (χ4n) is 2.10. The van der Waals surface area contributed by atoms with Gasteiger partial charge in [-0.15, -0.1) is 0 Å². The van der Waals surface area contributed by atoms with E-state index in [-0.39, 0.29) is 0 Å². The Balaban J connectivity index is 2.30. The molecular weight excluding hydrogens is 180 g/mol. The van der Waals surface area contributed by atoms with Crippen LogP contribution >= 0.6 is 12.2 Å². The van der Waals surface area contributed by atoms with E-state index in [4.69, 9.17) is 12.2 Å². The molecule has 76 valence electrons. The van der Waals surface area contributed by atoms with Crippen LogP contribution in [0.1, 0.15) is 39.5 Å². The molecule has 1 rings (SSSR count). The molecule has 1 aliphatic carbocycles. The molecule has 2 unspecified atom stereocenters. The summed E-state index contributed by atoms with van der Waals surface area (Å²) in [4.78, 5) is 0. The highest BCUT2D eigenvalue weighted by molar-refractivity contribution is 7.80. The third-order valence-electron chi connectivity index (χ3n) is 2.84. The minimum atomic E-state index is 0.622. The molecule has 2 N–H and O–H groups in total. The Bertz CT molecular complexity index is 170. The highest BCUT2D eigenvalue weighted by atomic mass is 32.1. The number of nitrogens with one attached hydrogen (secondary N) is 2. The molecule has 1 saturated carbocycles. The first-order chi connectivity index (χ1) is 6.27. The Labute approximate surface area is 86.5 Å². The second-order valence-corrected chi connectivity index (χ2v) is 4.12. The lowest BCUT2D eigenvalue weighted by atomic mass is 10.0. The molecule has 2 atom stereocenters. The van der Waals surface area contributed by atoms with Crippen LogP contribution in [0.4, 0.5) is 0 Å². The summed E-state index contributed by atoms with van der Waals surface area (Å²) < 4.78 is 0. The molecule has 2 nitrogen and oxygen atoms in total. The molecule has 0 amide bonds. The summed E-state index contributed by atoms with van der Waals surface area (Å²) >= 11 is 5.17. The molecular formula is C10H20N2S. The van der Waals surface area contributed by atoms with Crippen molar-refractivity contribution in [1.82, 2.24) is 10.6 Å². The van der Waals surface area contributed by atoms with E-state index in [0.29, 0.717) is 6.04 Å². The smallest absolute Gasteiger partial charge is 0.166 e. The van der Waals surface area contributed by atoms with E-state index in [1.165, 1.54) is 25.7 Å². The van der Waals surface area contributed by atoms with E-state index in [2.05, 4.69) is 24.5 Å². The standard InChI is InChI=1S/C10H20N2S/c1-3-8-6-5-7-9(8)12-10(13)11-4-2/h8-9H,3-7H2,1-2H3,(H2,11,12,13). The Morgan fingerprint density at radius 1 is 1.38 bits per heavy atom. The summed E-state index contributed by atoms with van der Waals surface area (Å²) in [5.41, 5.74) is 0. The first-order valence-corrected chi connectivity index (χ1v) is 5.73. The number of thiocarbonyl (C=S) groups is 1. The van der Waals surface area contributed by atoms with Crippen molar-refractivity contribution in [1.29, 1.82) is 0 Å². The van der Waals surface area contributed by atoms with Gasteiger partial charge in [-0.25, -0.2) is 0 Å². The van der Waals surface area contributed by atoms with Crippen molar-refractivity contribution in [3.05, 3.63) is 0 Å². The van der Waals surface area contributed by atoms with Gasteiger partial charge in [-0.1, -0.05) is 19.8 Å². The molecule has 0 aromatic rings. The van der Waals surface area contributed by atoms with E-state index in [0.717, 1.165) is 17.6 Å². The van der Waals surface area contributed by atoms with Gasteiger partial charge in [-0.05, 0) is 37.9 Å². The average molecular weight is 200 g/mol. The third kappa shape index (κ3) is 3.14. The maximum atomic E-state index is 5.17. The molecule has 0 radical (unpaired) electrons. The van der Waals surface area contributed by atoms with Gasteiger partial charge in [0.1, 0.15) is 0 Å². The van der Waals surface area contributed by atoms with Crippen molar-refractivity contribution in [2.24, 2.45) is 5.92 Å². The quantitative estimate of drug-likeness (QED) is 0.682. The highest BCUT2D eigenvalue weighted by Crippen LogP contribution is 2.27. The Morgan fingerprint density at radius 3 is 2.77 bits per heavy atom. The van der Waals surface area contributed by atoms with Crippen LogP contribution in [-0.2, 0) is 0 Å². The molecule has 0 aromatic carbocycles. The molecule has 0 spiro atoms. The lowest BCUT2D eigenvalue weighted by molar-refractivity contribution is 0.434. The second kappa shape index (κ2) is 5.43. The van der Waals surface area contributed by atoms with Crippen LogP contribution in [0, 0.1) is 5.92 Å². The Kier molecular flexibility index (Phi) is 4.50. The average Bonchev–Trinajstić information content (AvgIpc) is 2.52. The fourth-order valence-corrected chi connectivity index (χ4v) is 2.39. The summed E-state index contributed by atoms with van der Waals surface area (Å²) in [6.45, 7) is 5.25. The van der Waals surface area contributed by atoms with Gasteiger partial charge in [0.05, 0.1) is 0 Å². The van der Waals surface area contributed by atoms with E-state index >= 15 is 0 Å². The van der Waals surface area contributed by atoms with E-state index < -0.39 is 0 Å². The van der Waals surface area contributed by atoms with Gasteiger partial charge in [0.15, 0.2) is 5.11 Å². The first kappa shape index (κ1) is 10.8. The largest absolute Gasteiger partial charge is 0.363 e. The Morgan fingerprint density at radius 2 is 2.15 bits per heavy atom. The molecule has 13 heavy (non-hydrogen) atoms. The van der Waals surface area contributed by atoms with Crippen LogP contribution in [0.5, 0.6) is 0 Å². The van der Waals surface area contributed by atoms with E-state index in [1.54, 1.807) is 0 Å². The summed E-state index contributed by atoms with van der Waals surface area (Å²) in [5.74, 6) is 0.830. The molecule has 0 aliphatic heterocycles. The zero-order valence-electron chi connectivity index (χ0n) is 8.60. The molecule has 0 bridgehead atoms. The summed E-state index contributed by atoms with van der Waals surface area (Å²) in [6.07, 6.45) is 5.27. The van der Waals surface area contributed by atoms with Crippen LogP contribution in [0.15, 0.2) is 0 Å². The van der Waals surface area contributed by atoms with Gasteiger partial charge in [0, 0.05) is 12.6 Å². The molecule has 0 saturated heterocycles. The van der Waals surface area contributed by atoms with Crippen molar-refractivity contribution < 1.29 is 0 Å². The predicted molar refractivity (Wildman–Crippen MR) is 60.8 cm³/mol. The monoisotopic (exact) mass is 200 g/mol. The van der Waals surface area contributed by atoms with Crippen molar-refractivity contribution >= 4 is 17.3 Å². The summed E-state index contributed by atoms with van der Waals surface area (Å²) in [7, 11) is 0. The number of hydrogen-bond acceptors (Lipinski definition) is 1. The van der Waals surface area contributed by atoms with Crippen LogP contribution in [0.25, 0.3) is 0 Å². The van der Waals surface area contributed by atoms with Crippen LogP contribution < -0.4 is 10.6 Å². The zero-order chi connectivity index (χ0) is 9.68. The van der Waals surface area contributed by atoms with Crippen LogP contribution in [0.2, 0.25) is 0 Å². The van der Waals surface area contributed by atoms with Gasteiger partial charge in [-0.2, -0.15) is 0 Å². The van der Waals surface area contributed by atoms with Gasteiger partial charge in [0.25, 0.3) is 0 Å². The minimum Gasteiger partial charge on any atom is -0.363 e. The lowest BCUT2D eigenvalue weighted by Gasteiger charge is -2.21. The predicted octanol–water partition coefficient (Wildman–Crippen LogP) is 2.05. The fraction of sp³-hybridized carbons (Fsp3) is 0.900.